The van der Waals surface area contributed by atoms with E-state index in [2.05, 4.69) is 13.2 Å². The zero-order valence-corrected chi connectivity index (χ0v) is 11.2. The molecule has 0 aromatic carbocycles. The lowest BCUT2D eigenvalue weighted by atomic mass is 10.1. The molecule has 0 saturated heterocycles. The predicted molar refractivity (Wildman–Crippen MR) is 71.7 cm³/mol. The summed E-state index contributed by atoms with van der Waals surface area (Å²) in [5.74, 6) is -1.47. The van der Waals surface area contributed by atoms with Gasteiger partial charge in [0.2, 0.25) is 0 Å². The number of carbonyl (C=O) groups is 2. The first-order valence-corrected chi connectivity index (χ1v) is 6.36. The number of ether oxygens (including phenoxy) is 1. The second-order valence-electron chi connectivity index (χ2n) is 4.29. The molecule has 0 radical (unpaired) electrons. The number of aliphatic hydroxyl groups excluding tert-OH is 1. The Labute approximate surface area is 113 Å². The average molecular weight is 270 g/mol. The fraction of sp³-hybridized carbons (Fsp3) is 0.571. The largest absolute Gasteiger partial charge is 0.478 e. The molecule has 2 N–H and O–H groups in total. The van der Waals surface area contributed by atoms with Gasteiger partial charge in [0.15, 0.2) is 0 Å². The number of carboxylic acids is 1. The van der Waals surface area contributed by atoms with Gasteiger partial charge in [-0.15, -0.1) is 0 Å². The highest BCUT2D eigenvalue weighted by Crippen LogP contribution is 2.09. The maximum absolute atomic E-state index is 11.5. The molecule has 0 fully saturated rings. The fourth-order valence-corrected chi connectivity index (χ4v) is 1.39. The lowest BCUT2D eigenvalue weighted by Gasteiger charge is -2.07. The van der Waals surface area contributed by atoms with Gasteiger partial charge in [-0.1, -0.05) is 19.6 Å². The zero-order chi connectivity index (χ0) is 14.7. The SMILES string of the molecule is C=C(CCCOC(=O)C(=C)CCCCCO)C(=O)O. The van der Waals surface area contributed by atoms with Gasteiger partial charge in [-0.2, -0.15) is 0 Å². The maximum atomic E-state index is 11.5. The van der Waals surface area contributed by atoms with Gasteiger partial charge in [0.25, 0.3) is 0 Å². The molecular formula is C14H22O5. The third-order valence-electron chi connectivity index (χ3n) is 2.58. The molecule has 0 aliphatic rings. The summed E-state index contributed by atoms with van der Waals surface area (Å²) < 4.78 is 4.97. The van der Waals surface area contributed by atoms with Crippen LogP contribution in [-0.2, 0) is 14.3 Å². The monoisotopic (exact) mass is 270 g/mol. The van der Waals surface area contributed by atoms with Gasteiger partial charge >= 0.3 is 11.9 Å². The van der Waals surface area contributed by atoms with Crippen molar-refractivity contribution in [3.63, 3.8) is 0 Å². The quantitative estimate of drug-likeness (QED) is 0.341. The van der Waals surface area contributed by atoms with Crippen molar-refractivity contribution < 1.29 is 24.5 Å². The summed E-state index contributed by atoms with van der Waals surface area (Å²) in [6.45, 7) is 7.36. The van der Waals surface area contributed by atoms with Crippen molar-refractivity contribution in [2.45, 2.75) is 38.5 Å². The first-order valence-electron chi connectivity index (χ1n) is 6.36. The summed E-state index contributed by atoms with van der Waals surface area (Å²) in [7, 11) is 0. The summed E-state index contributed by atoms with van der Waals surface area (Å²) in [6.07, 6.45) is 3.66. The molecule has 108 valence electrons. The number of rotatable bonds is 11. The lowest BCUT2D eigenvalue weighted by molar-refractivity contribution is -0.139. The molecule has 0 aliphatic heterocycles. The highest BCUT2D eigenvalue weighted by atomic mass is 16.5. The third kappa shape index (κ3) is 9.02. The number of hydrogen-bond acceptors (Lipinski definition) is 4. The molecule has 0 unspecified atom stereocenters. The van der Waals surface area contributed by atoms with E-state index in [0.717, 1.165) is 19.3 Å². The number of esters is 1. The van der Waals surface area contributed by atoms with Gasteiger partial charge < -0.3 is 14.9 Å². The fourth-order valence-electron chi connectivity index (χ4n) is 1.39. The molecule has 5 heteroatoms. The van der Waals surface area contributed by atoms with Crippen molar-refractivity contribution in [1.29, 1.82) is 0 Å². The van der Waals surface area contributed by atoms with Crippen LogP contribution in [0.4, 0.5) is 0 Å². The molecule has 19 heavy (non-hydrogen) atoms. The van der Waals surface area contributed by atoms with E-state index in [1.54, 1.807) is 0 Å². The van der Waals surface area contributed by atoms with Crippen molar-refractivity contribution in [3.05, 3.63) is 24.3 Å². The van der Waals surface area contributed by atoms with Crippen molar-refractivity contribution in [2.75, 3.05) is 13.2 Å². The summed E-state index contributed by atoms with van der Waals surface area (Å²) in [5.41, 5.74) is 0.522. The van der Waals surface area contributed by atoms with E-state index in [1.807, 2.05) is 0 Å². The van der Waals surface area contributed by atoms with E-state index in [1.165, 1.54) is 0 Å². The molecule has 0 spiro atoms. The molecule has 0 aromatic rings. The van der Waals surface area contributed by atoms with Crippen molar-refractivity contribution in [1.82, 2.24) is 0 Å². The Kier molecular flexibility index (Phi) is 9.44. The standard InChI is InChI=1S/C14H22O5/c1-11(13(16)17)8-6-10-19-14(18)12(2)7-4-3-5-9-15/h15H,1-10H2,(H,16,17). The van der Waals surface area contributed by atoms with Gasteiger partial charge in [0.05, 0.1) is 6.61 Å². The third-order valence-corrected chi connectivity index (χ3v) is 2.58. The first kappa shape index (κ1) is 17.4. The van der Waals surface area contributed by atoms with Crippen LogP contribution < -0.4 is 0 Å². The summed E-state index contributed by atoms with van der Waals surface area (Å²) in [6, 6.07) is 0. The van der Waals surface area contributed by atoms with Crippen molar-refractivity contribution in [2.24, 2.45) is 0 Å². The molecule has 0 atom stereocenters. The van der Waals surface area contributed by atoms with E-state index in [9.17, 15) is 9.59 Å². The molecule has 0 rings (SSSR count). The summed E-state index contributed by atoms with van der Waals surface area (Å²) in [4.78, 5) is 21.9. The lowest BCUT2D eigenvalue weighted by Crippen LogP contribution is -2.09. The van der Waals surface area contributed by atoms with E-state index in [-0.39, 0.29) is 18.8 Å². The molecular weight excluding hydrogens is 248 g/mol. The highest BCUT2D eigenvalue weighted by molar-refractivity contribution is 5.87. The van der Waals surface area contributed by atoms with E-state index >= 15 is 0 Å². The Morgan fingerprint density at radius 2 is 1.58 bits per heavy atom. The Bertz CT molecular complexity index is 333. The number of carbonyl (C=O) groups excluding carboxylic acids is 1. The maximum Gasteiger partial charge on any atom is 0.333 e. The minimum absolute atomic E-state index is 0.110. The second-order valence-corrected chi connectivity index (χ2v) is 4.29. The topological polar surface area (TPSA) is 83.8 Å². The van der Waals surface area contributed by atoms with Crippen LogP contribution >= 0.6 is 0 Å². The van der Waals surface area contributed by atoms with Gasteiger partial charge in [-0.3, -0.25) is 0 Å². The molecule has 0 amide bonds. The number of aliphatic hydroxyl groups is 1. The van der Waals surface area contributed by atoms with Crippen LogP contribution in [-0.4, -0.2) is 35.4 Å². The van der Waals surface area contributed by atoms with Crippen molar-refractivity contribution in [3.8, 4) is 0 Å². The smallest absolute Gasteiger partial charge is 0.333 e. The molecule has 0 saturated carbocycles. The number of unbranched alkanes of at least 4 members (excludes halogenated alkanes) is 2. The average Bonchev–Trinajstić information content (AvgIpc) is 2.38. The van der Waals surface area contributed by atoms with Crippen LogP contribution in [0.3, 0.4) is 0 Å². The van der Waals surface area contributed by atoms with Gasteiger partial charge in [-0.05, 0) is 32.1 Å². The van der Waals surface area contributed by atoms with Gasteiger partial charge in [-0.25, -0.2) is 9.59 Å². The van der Waals surface area contributed by atoms with Gasteiger partial charge in [0.1, 0.15) is 0 Å². The van der Waals surface area contributed by atoms with E-state index < -0.39 is 11.9 Å². The normalized spacial score (nSPS) is 9.95. The summed E-state index contributed by atoms with van der Waals surface area (Å²) >= 11 is 0. The number of aliphatic carboxylic acids is 1. The van der Waals surface area contributed by atoms with Gasteiger partial charge in [0, 0.05) is 17.8 Å². The minimum atomic E-state index is -1.03. The number of carboxylic acid groups (broad SMARTS) is 1. The second kappa shape index (κ2) is 10.3. The number of hydrogen-bond donors (Lipinski definition) is 2. The summed E-state index contributed by atoms with van der Waals surface area (Å²) in [5, 5.41) is 17.2. The van der Waals surface area contributed by atoms with Crippen LogP contribution in [0.2, 0.25) is 0 Å². The molecule has 0 aromatic heterocycles. The van der Waals surface area contributed by atoms with Crippen LogP contribution in [0, 0.1) is 0 Å². The van der Waals surface area contributed by atoms with Crippen LogP contribution in [0.25, 0.3) is 0 Å². The molecule has 5 nitrogen and oxygen atoms in total. The molecule has 0 bridgehead atoms. The Morgan fingerprint density at radius 1 is 0.947 bits per heavy atom. The van der Waals surface area contributed by atoms with Crippen LogP contribution in [0.15, 0.2) is 24.3 Å². The first-order chi connectivity index (χ1) is 8.99. The molecule has 0 aliphatic carbocycles. The predicted octanol–water partition coefficient (Wildman–Crippen LogP) is 2.06. The van der Waals surface area contributed by atoms with Crippen LogP contribution in [0.1, 0.15) is 38.5 Å². The van der Waals surface area contributed by atoms with Crippen molar-refractivity contribution >= 4 is 11.9 Å². The Balaban J connectivity index is 3.65. The van der Waals surface area contributed by atoms with E-state index in [0.29, 0.717) is 24.8 Å². The highest BCUT2D eigenvalue weighted by Gasteiger charge is 2.09. The Hall–Kier alpha value is -1.62. The molecule has 0 heterocycles. The zero-order valence-electron chi connectivity index (χ0n) is 11.2. The minimum Gasteiger partial charge on any atom is -0.478 e. The van der Waals surface area contributed by atoms with E-state index in [4.69, 9.17) is 14.9 Å². The van der Waals surface area contributed by atoms with Crippen LogP contribution in [0.5, 0.6) is 0 Å². The Morgan fingerprint density at radius 3 is 2.16 bits per heavy atom.